The van der Waals surface area contributed by atoms with Gasteiger partial charge in [-0.25, -0.2) is 0 Å². The summed E-state index contributed by atoms with van der Waals surface area (Å²) in [6.45, 7) is 4.51. The zero-order chi connectivity index (χ0) is 23.6. The van der Waals surface area contributed by atoms with E-state index in [4.69, 9.17) is 4.74 Å². The maximum atomic E-state index is 15.0. The van der Waals surface area contributed by atoms with Crippen LogP contribution >= 0.6 is 0 Å². The van der Waals surface area contributed by atoms with Gasteiger partial charge >= 0.3 is 0 Å². The first-order chi connectivity index (χ1) is 15.7. The van der Waals surface area contributed by atoms with Crippen molar-refractivity contribution >= 4 is 16.8 Å². The summed E-state index contributed by atoms with van der Waals surface area (Å²) >= 11 is 0. The highest BCUT2D eigenvalue weighted by atomic mass is 19.3. The molecule has 0 aliphatic rings. The Labute approximate surface area is 190 Å². The number of nitrogens with one attached hydrogen (secondary N) is 1. The lowest BCUT2D eigenvalue weighted by Gasteiger charge is -2.20. The Balaban J connectivity index is 1.66. The van der Waals surface area contributed by atoms with Crippen LogP contribution in [-0.2, 0) is 5.92 Å². The molecule has 7 heteroatoms. The zero-order valence-electron chi connectivity index (χ0n) is 18.5. The molecule has 0 unspecified atom stereocenters. The normalized spacial score (nSPS) is 11.4. The molecule has 1 N–H and O–H groups in total. The Bertz CT molecular complexity index is 1340. The van der Waals surface area contributed by atoms with E-state index >= 15 is 0 Å². The Morgan fingerprint density at radius 3 is 2.45 bits per heavy atom. The van der Waals surface area contributed by atoms with Crippen molar-refractivity contribution in [2.45, 2.75) is 26.7 Å². The largest absolute Gasteiger partial charge is 0.437 e. The highest BCUT2D eigenvalue weighted by Gasteiger charge is 2.34. The maximum Gasteiger partial charge on any atom is 0.290 e. The minimum atomic E-state index is -3.25. The third kappa shape index (κ3) is 4.82. The Morgan fingerprint density at radius 2 is 1.70 bits per heavy atom. The molecule has 0 spiro atoms. The van der Waals surface area contributed by atoms with Crippen LogP contribution in [0.25, 0.3) is 10.9 Å². The van der Waals surface area contributed by atoms with Gasteiger partial charge in [-0.2, -0.15) is 8.78 Å². The summed E-state index contributed by atoms with van der Waals surface area (Å²) in [7, 11) is 0. The van der Waals surface area contributed by atoms with Crippen molar-refractivity contribution in [3.63, 3.8) is 0 Å². The van der Waals surface area contributed by atoms with E-state index in [2.05, 4.69) is 15.5 Å². The van der Waals surface area contributed by atoms with Crippen LogP contribution < -0.4 is 10.1 Å². The maximum absolute atomic E-state index is 15.0. The van der Waals surface area contributed by atoms with E-state index in [0.717, 1.165) is 11.1 Å². The van der Waals surface area contributed by atoms with Crippen LogP contribution in [0.5, 0.6) is 11.6 Å². The minimum absolute atomic E-state index is 0.0494. The Morgan fingerprint density at radius 1 is 0.939 bits per heavy atom. The molecule has 0 aliphatic heterocycles. The molecule has 4 aromatic rings. The second kappa shape index (κ2) is 8.94. The van der Waals surface area contributed by atoms with Crippen LogP contribution in [0.15, 0.2) is 66.7 Å². The number of amides is 1. The van der Waals surface area contributed by atoms with Gasteiger partial charge < -0.3 is 10.1 Å². The number of nitrogens with zero attached hydrogens (tertiary/aromatic N) is 2. The molecule has 1 aromatic heterocycles. The number of benzene rings is 3. The van der Waals surface area contributed by atoms with Gasteiger partial charge in [0.15, 0.2) is 0 Å². The van der Waals surface area contributed by atoms with E-state index in [1.54, 1.807) is 55.5 Å². The second-order valence-electron chi connectivity index (χ2n) is 8.02. The van der Waals surface area contributed by atoms with Crippen LogP contribution in [0, 0.1) is 20.8 Å². The lowest BCUT2D eigenvalue weighted by molar-refractivity contribution is -0.00308. The quantitative estimate of drug-likeness (QED) is 0.402. The number of ether oxygens (including phenoxy) is 1. The minimum Gasteiger partial charge on any atom is -0.437 e. The fourth-order valence-electron chi connectivity index (χ4n) is 3.72. The first-order valence-corrected chi connectivity index (χ1v) is 10.5. The van der Waals surface area contributed by atoms with E-state index < -0.39 is 18.4 Å². The number of rotatable bonds is 6. The van der Waals surface area contributed by atoms with Crippen LogP contribution in [0.3, 0.4) is 0 Å². The van der Waals surface area contributed by atoms with Gasteiger partial charge in [-0.1, -0.05) is 54.1 Å². The first-order valence-electron chi connectivity index (χ1n) is 10.5. The third-order valence-corrected chi connectivity index (χ3v) is 5.31. The summed E-state index contributed by atoms with van der Waals surface area (Å²) in [4.78, 5) is 13.2. The zero-order valence-corrected chi connectivity index (χ0v) is 18.5. The van der Waals surface area contributed by atoms with Crippen molar-refractivity contribution in [2.24, 2.45) is 0 Å². The second-order valence-corrected chi connectivity index (χ2v) is 8.02. The summed E-state index contributed by atoms with van der Waals surface area (Å²) in [5.74, 6) is -3.55. The molecule has 0 radical (unpaired) electrons. The first kappa shape index (κ1) is 22.3. The highest BCUT2D eigenvalue weighted by Crippen LogP contribution is 2.32. The number of halogens is 2. The fourth-order valence-corrected chi connectivity index (χ4v) is 3.72. The van der Waals surface area contributed by atoms with Crippen LogP contribution in [0.2, 0.25) is 0 Å². The van der Waals surface area contributed by atoms with Crippen molar-refractivity contribution in [1.82, 2.24) is 15.5 Å². The molecular formula is C26H23F2N3O2. The fraction of sp³-hybridized carbons (Fsp3) is 0.192. The summed E-state index contributed by atoms with van der Waals surface area (Å²) in [5, 5.41) is 11.0. The monoisotopic (exact) mass is 447 g/mol. The van der Waals surface area contributed by atoms with Gasteiger partial charge in [-0.15, -0.1) is 10.2 Å². The summed E-state index contributed by atoms with van der Waals surface area (Å²) in [6.07, 6.45) is 0. The number of aryl methyl sites for hydroxylation is 3. The molecule has 0 aliphatic carbocycles. The number of carbonyl (C=O) groups is 1. The van der Waals surface area contributed by atoms with Crippen LogP contribution in [0.4, 0.5) is 8.78 Å². The average molecular weight is 447 g/mol. The van der Waals surface area contributed by atoms with Gasteiger partial charge in [-0.05, 0) is 50.1 Å². The smallest absolute Gasteiger partial charge is 0.290 e. The standard InChI is InChI=1S/C26H23F2N3O2/c1-16-7-6-8-19(14-16)33-25-23(20-9-4-5-10-22(20)30-31-25)24(32)29-15-26(27,28)21-12-11-17(2)13-18(21)3/h4-14H,15H2,1-3H3,(H,29,32). The van der Waals surface area contributed by atoms with Gasteiger partial charge in [0.1, 0.15) is 11.3 Å². The molecular weight excluding hydrogens is 424 g/mol. The van der Waals surface area contributed by atoms with Crippen LogP contribution in [-0.4, -0.2) is 22.6 Å². The van der Waals surface area contributed by atoms with Gasteiger partial charge in [0.2, 0.25) is 0 Å². The van der Waals surface area contributed by atoms with E-state index in [0.29, 0.717) is 22.2 Å². The molecule has 1 heterocycles. The molecule has 0 atom stereocenters. The van der Waals surface area contributed by atoms with Crippen LogP contribution in [0.1, 0.15) is 32.6 Å². The lowest BCUT2D eigenvalue weighted by atomic mass is 10.00. The number of alkyl halides is 2. The average Bonchev–Trinajstić information content (AvgIpc) is 2.77. The number of fused-ring (bicyclic) bond motifs is 1. The number of carbonyl (C=O) groups excluding carboxylic acids is 1. The van der Waals surface area contributed by atoms with Crippen molar-refractivity contribution < 1.29 is 18.3 Å². The molecule has 0 saturated heterocycles. The molecule has 0 fully saturated rings. The van der Waals surface area contributed by atoms with E-state index in [1.807, 2.05) is 26.0 Å². The van der Waals surface area contributed by atoms with Crippen molar-refractivity contribution in [2.75, 3.05) is 6.54 Å². The van der Waals surface area contributed by atoms with Crippen molar-refractivity contribution in [3.8, 4) is 11.6 Å². The van der Waals surface area contributed by atoms with Gasteiger partial charge in [0.05, 0.1) is 12.1 Å². The predicted molar refractivity (Wildman–Crippen MR) is 123 cm³/mol. The van der Waals surface area contributed by atoms with Gasteiger partial charge in [-0.3, -0.25) is 4.79 Å². The third-order valence-electron chi connectivity index (χ3n) is 5.31. The number of hydrogen-bond acceptors (Lipinski definition) is 4. The SMILES string of the molecule is Cc1cccc(Oc2nnc3ccccc3c2C(=O)NCC(F)(F)c2ccc(C)cc2C)c1. The molecule has 1 amide bonds. The molecule has 33 heavy (non-hydrogen) atoms. The Hall–Kier alpha value is -3.87. The Kier molecular flexibility index (Phi) is 6.05. The van der Waals surface area contributed by atoms with E-state index in [9.17, 15) is 13.6 Å². The molecule has 0 saturated carbocycles. The molecule has 3 aromatic carbocycles. The van der Waals surface area contributed by atoms with Gasteiger partial charge in [0.25, 0.3) is 17.7 Å². The van der Waals surface area contributed by atoms with Crippen molar-refractivity contribution in [1.29, 1.82) is 0 Å². The number of hydrogen-bond donors (Lipinski definition) is 1. The number of aromatic nitrogens is 2. The molecule has 0 bridgehead atoms. The predicted octanol–water partition coefficient (Wildman–Crippen LogP) is 5.87. The molecule has 168 valence electrons. The summed E-state index contributed by atoms with van der Waals surface area (Å²) in [5.41, 5.74) is 2.71. The van der Waals surface area contributed by atoms with Gasteiger partial charge in [0, 0.05) is 10.9 Å². The van der Waals surface area contributed by atoms with E-state index in [-0.39, 0.29) is 17.0 Å². The summed E-state index contributed by atoms with van der Waals surface area (Å²) < 4.78 is 35.8. The molecule has 5 nitrogen and oxygen atoms in total. The highest BCUT2D eigenvalue weighted by molar-refractivity contribution is 6.07. The molecule has 4 rings (SSSR count). The summed E-state index contributed by atoms with van der Waals surface area (Å²) in [6, 6.07) is 18.8. The van der Waals surface area contributed by atoms with Crippen molar-refractivity contribution in [3.05, 3.63) is 94.5 Å². The lowest BCUT2D eigenvalue weighted by Crippen LogP contribution is -2.35. The van der Waals surface area contributed by atoms with E-state index in [1.165, 1.54) is 6.07 Å². The topological polar surface area (TPSA) is 64.1 Å².